The van der Waals surface area contributed by atoms with Crippen molar-refractivity contribution in [1.29, 1.82) is 0 Å². The van der Waals surface area contributed by atoms with Gasteiger partial charge in [-0.1, -0.05) is 30.2 Å². The van der Waals surface area contributed by atoms with Crippen LogP contribution in [-0.2, 0) is 17.5 Å². The topological polar surface area (TPSA) is 81.2 Å². The van der Waals surface area contributed by atoms with Crippen LogP contribution in [0.5, 0.6) is 0 Å². The van der Waals surface area contributed by atoms with Crippen molar-refractivity contribution in [2.45, 2.75) is 44.4 Å². The molecule has 0 unspecified atom stereocenters. The maximum atomic E-state index is 13.5. The number of thioether (sulfide) groups is 1. The van der Waals surface area contributed by atoms with E-state index in [1.54, 1.807) is 30.5 Å². The molecular weight excluding hydrogens is 525 g/mol. The number of imide groups is 1. The smallest absolute Gasteiger partial charge is 0.328 e. The average Bonchev–Trinajstić information content (AvgIpc) is 3.35. The van der Waals surface area contributed by atoms with Gasteiger partial charge in [0.2, 0.25) is 0 Å². The molecule has 11 heteroatoms. The van der Waals surface area contributed by atoms with Crippen LogP contribution in [-0.4, -0.2) is 38.4 Å². The molecule has 2 fully saturated rings. The monoisotopic (exact) mass is 548 g/mol. The van der Waals surface area contributed by atoms with Gasteiger partial charge in [0, 0.05) is 23.0 Å². The van der Waals surface area contributed by atoms with Gasteiger partial charge in [-0.05, 0) is 78.4 Å². The molecule has 2 N–H and O–H groups in total. The van der Waals surface area contributed by atoms with E-state index in [1.165, 1.54) is 21.7 Å². The average molecular weight is 549 g/mol. The van der Waals surface area contributed by atoms with Gasteiger partial charge in [-0.2, -0.15) is 18.3 Å². The zero-order valence-electron chi connectivity index (χ0n) is 19.7. The number of halogens is 4. The van der Waals surface area contributed by atoms with Gasteiger partial charge < -0.3 is 5.73 Å². The van der Waals surface area contributed by atoms with E-state index in [0.29, 0.717) is 27.9 Å². The van der Waals surface area contributed by atoms with Gasteiger partial charge in [-0.25, -0.2) is 0 Å². The van der Waals surface area contributed by atoms with Crippen LogP contribution in [0.2, 0.25) is 5.02 Å². The highest BCUT2D eigenvalue weighted by atomic mass is 35.5. The van der Waals surface area contributed by atoms with Crippen molar-refractivity contribution in [3.8, 4) is 0 Å². The first-order valence-electron chi connectivity index (χ1n) is 11.9. The third-order valence-corrected chi connectivity index (χ3v) is 7.94. The molecule has 1 saturated carbocycles. The van der Waals surface area contributed by atoms with Crippen molar-refractivity contribution in [2.24, 2.45) is 11.7 Å². The van der Waals surface area contributed by atoms with Gasteiger partial charge >= 0.3 is 6.18 Å². The van der Waals surface area contributed by atoms with Crippen LogP contribution in [0.1, 0.15) is 42.4 Å². The number of hydrogen-bond acceptors (Lipinski definition) is 5. The summed E-state index contributed by atoms with van der Waals surface area (Å²) in [5.41, 5.74) is 6.64. The van der Waals surface area contributed by atoms with Gasteiger partial charge in [-0.3, -0.25) is 19.2 Å². The first kappa shape index (κ1) is 25.8. The number of carbonyl (C=O) groups excluding carboxylic acids is 2. The molecule has 6 nitrogen and oxygen atoms in total. The molecule has 1 aliphatic heterocycles. The van der Waals surface area contributed by atoms with E-state index in [2.05, 4.69) is 5.10 Å². The normalized spacial score (nSPS) is 22.0. The predicted molar refractivity (Wildman–Crippen MR) is 138 cm³/mol. The number of benzene rings is 2. The third kappa shape index (κ3) is 5.56. The molecule has 194 valence electrons. The Morgan fingerprint density at radius 3 is 2.73 bits per heavy atom. The number of aromatic nitrogens is 2. The van der Waals surface area contributed by atoms with Crippen molar-refractivity contribution in [2.75, 3.05) is 6.54 Å². The van der Waals surface area contributed by atoms with Gasteiger partial charge in [0.1, 0.15) is 0 Å². The SMILES string of the molecule is N[C@@H]1CCC[C@@H](CN2C(=O)S/C(=C\c3ccc4c(cnn4Cc4ccc(Cl)cc4C(F)(F)F)c3)C2=O)C1. The second-order valence-corrected chi connectivity index (χ2v) is 10.9. The minimum absolute atomic E-state index is 0.0118. The van der Waals surface area contributed by atoms with Crippen molar-refractivity contribution in [3.05, 3.63) is 69.2 Å². The first-order chi connectivity index (χ1) is 17.6. The summed E-state index contributed by atoms with van der Waals surface area (Å²) in [7, 11) is 0. The highest BCUT2D eigenvalue weighted by Crippen LogP contribution is 2.36. The van der Waals surface area contributed by atoms with Crippen LogP contribution in [0.3, 0.4) is 0 Å². The molecule has 1 aromatic heterocycles. The van der Waals surface area contributed by atoms with Crippen molar-refractivity contribution in [3.63, 3.8) is 0 Å². The second-order valence-electron chi connectivity index (χ2n) is 9.50. The fourth-order valence-electron chi connectivity index (χ4n) is 5.00. The minimum atomic E-state index is -4.54. The summed E-state index contributed by atoms with van der Waals surface area (Å²) in [6, 6.07) is 9.08. The Kier molecular flexibility index (Phi) is 7.08. The van der Waals surface area contributed by atoms with Crippen LogP contribution in [0.25, 0.3) is 17.0 Å². The molecule has 0 spiro atoms. The lowest BCUT2D eigenvalue weighted by Gasteiger charge is -2.28. The predicted octanol–water partition coefficient (Wildman–Crippen LogP) is 6.31. The third-order valence-electron chi connectivity index (χ3n) is 6.80. The van der Waals surface area contributed by atoms with E-state index in [9.17, 15) is 22.8 Å². The number of rotatable bonds is 5. The lowest BCUT2D eigenvalue weighted by atomic mass is 9.86. The van der Waals surface area contributed by atoms with E-state index in [1.807, 2.05) is 0 Å². The van der Waals surface area contributed by atoms with E-state index in [4.69, 9.17) is 17.3 Å². The Labute approximate surface area is 220 Å². The number of hydrogen-bond donors (Lipinski definition) is 1. The number of carbonyl (C=O) groups is 2. The summed E-state index contributed by atoms with van der Waals surface area (Å²) < 4.78 is 42.0. The lowest BCUT2D eigenvalue weighted by molar-refractivity contribution is -0.138. The van der Waals surface area contributed by atoms with Crippen LogP contribution in [0.4, 0.5) is 18.0 Å². The summed E-state index contributed by atoms with van der Waals surface area (Å²) in [6.07, 6.45) is 2.42. The highest BCUT2D eigenvalue weighted by molar-refractivity contribution is 8.18. The Hall–Kier alpha value is -2.82. The molecule has 2 heterocycles. The van der Waals surface area contributed by atoms with Crippen molar-refractivity contribution in [1.82, 2.24) is 14.7 Å². The summed E-state index contributed by atoms with van der Waals surface area (Å²) in [4.78, 5) is 27.1. The standard InChI is InChI=1S/C26H24ClF3N4O2S/c27-19-6-5-17(21(11-19)26(28,29)30)14-34-22-7-4-15(8-18(22)12-32-34)10-23-24(35)33(25(36)37-23)13-16-2-1-3-20(31)9-16/h4-8,10-12,16,20H,1-3,9,13-14,31H2/b23-10-/t16-,20-/m1/s1. The van der Waals surface area contributed by atoms with E-state index >= 15 is 0 Å². The number of fused-ring (bicyclic) bond motifs is 1. The van der Waals surface area contributed by atoms with E-state index < -0.39 is 11.7 Å². The molecule has 5 rings (SSSR count). The Bertz CT molecular complexity index is 1400. The fraction of sp³-hybridized carbons (Fsp3) is 0.346. The number of amides is 2. The van der Waals surface area contributed by atoms with Crippen molar-refractivity contribution < 1.29 is 22.8 Å². The molecule has 2 aliphatic rings. The van der Waals surface area contributed by atoms with Gasteiger partial charge in [0.25, 0.3) is 11.1 Å². The molecule has 0 radical (unpaired) electrons. The molecule has 0 bridgehead atoms. The number of nitrogens with zero attached hydrogens (tertiary/aromatic N) is 3. The quantitative estimate of drug-likeness (QED) is 0.378. The molecular formula is C26H24ClF3N4O2S. The summed E-state index contributed by atoms with van der Waals surface area (Å²) >= 11 is 6.70. The molecule has 1 aliphatic carbocycles. The van der Waals surface area contributed by atoms with E-state index in [-0.39, 0.29) is 40.2 Å². The lowest BCUT2D eigenvalue weighted by Crippen LogP contribution is -2.37. The second kappa shape index (κ2) is 10.2. The Balaban J connectivity index is 1.35. The van der Waals surface area contributed by atoms with E-state index in [0.717, 1.165) is 43.5 Å². The summed E-state index contributed by atoms with van der Waals surface area (Å²) in [6.45, 7) is 0.296. The number of nitrogens with two attached hydrogens (primary N) is 1. The number of alkyl halides is 3. The maximum Gasteiger partial charge on any atom is 0.416 e. The Morgan fingerprint density at radius 1 is 1.16 bits per heavy atom. The van der Waals surface area contributed by atoms with Crippen LogP contribution >= 0.6 is 23.4 Å². The van der Waals surface area contributed by atoms with Gasteiger partial charge in [0.15, 0.2) is 0 Å². The van der Waals surface area contributed by atoms with Crippen LogP contribution in [0.15, 0.2) is 47.5 Å². The molecule has 3 aromatic rings. The molecule has 2 atom stereocenters. The fourth-order valence-corrected chi connectivity index (χ4v) is 6.02. The Morgan fingerprint density at radius 2 is 1.97 bits per heavy atom. The molecule has 37 heavy (non-hydrogen) atoms. The zero-order chi connectivity index (χ0) is 26.3. The summed E-state index contributed by atoms with van der Waals surface area (Å²) in [5.74, 6) is -0.0929. The largest absolute Gasteiger partial charge is 0.416 e. The van der Waals surface area contributed by atoms with Crippen LogP contribution in [0, 0.1) is 5.92 Å². The molecule has 1 saturated heterocycles. The zero-order valence-corrected chi connectivity index (χ0v) is 21.2. The molecule has 2 aromatic carbocycles. The molecule has 2 amide bonds. The highest BCUT2D eigenvalue weighted by Gasteiger charge is 2.37. The van der Waals surface area contributed by atoms with Crippen LogP contribution < -0.4 is 5.73 Å². The van der Waals surface area contributed by atoms with Gasteiger partial charge in [0.05, 0.1) is 28.7 Å². The van der Waals surface area contributed by atoms with Gasteiger partial charge in [-0.15, -0.1) is 0 Å². The minimum Gasteiger partial charge on any atom is -0.328 e. The van der Waals surface area contributed by atoms with Crippen molar-refractivity contribution >= 4 is 51.5 Å². The maximum absolute atomic E-state index is 13.5. The summed E-state index contributed by atoms with van der Waals surface area (Å²) in [5, 5.41) is 4.70. The first-order valence-corrected chi connectivity index (χ1v) is 13.1.